The largest absolute Gasteiger partial charge is 0.396 e. The van der Waals surface area contributed by atoms with Crippen molar-refractivity contribution in [2.24, 2.45) is 5.41 Å². The van der Waals surface area contributed by atoms with Gasteiger partial charge in [0, 0.05) is 23.7 Å². The number of aliphatic hydroxyl groups excluding tert-OH is 1. The van der Waals surface area contributed by atoms with Crippen molar-refractivity contribution < 1.29 is 5.11 Å². The molecule has 0 unspecified atom stereocenters. The summed E-state index contributed by atoms with van der Waals surface area (Å²) in [5, 5.41) is 12.5. The Hall–Kier alpha value is -1.16. The van der Waals surface area contributed by atoms with Crippen molar-refractivity contribution in [2.45, 2.75) is 32.6 Å². The molecule has 2 N–H and O–H groups in total. The lowest BCUT2D eigenvalue weighted by molar-refractivity contribution is 0.219. The summed E-state index contributed by atoms with van der Waals surface area (Å²) >= 11 is 0. The minimum Gasteiger partial charge on any atom is -0.396 e. The normalized spacial score (nSPS) is 17.1. The summed E-state index contributed by atoms with van der Waals surface area (Å²) in [6, 6.07) is 2.00. The van der Waals surface area contributed by atoms with Gasteiger partial charge < -0.3 is 10.4 Å². The number of aryl methyl sites for hydroxylation is 1. The molecule has 0 spiro atoms. The van der Waals surface area contributed by atoms with Crippen LogP contribution in [0.1, 0.15) is 31.9 Å². The SMILES string of the molecule is CCCc1cc(NCC2(CO)CC2)ncn1. The van der Waals surface area contributed by atoms with Crippen LogP contribution < -0.4 is 5.32 Å². The molecule has 0 amide bonds. The van der Waals surface area contributed by atoms with E-state index in [9.17, 15) is 5.11 Å². The third-order valence-electron chi connectivity index (χ3n) is 3.17. The molecule has 1 saturated carbocycles. The van der Waals surface area contributed by atoms with Gasteiger partial charge in [0.2, 0.25) is 0 Å². The Morgan fingerprint density at radius 1 is 1.44 bits per heavy atom. The second-order valence-corrected chi connectivity index (χ2v) is 4.66. The van der Waals surface area contributed by atoms with Crippen LogP contribution in [0.3, 0.4) is 0 Å². The smallest absolute Gasteiger partial charge is 0.129 e. The maximum absolute atomic E-state index is 9.20. The lowest BCUT2D eigenvalue weighted by Crippen LogP contribution is -2.19. The topological polar surface area (TPSA) is 58.0 Å². The molecule has 16 heavy (non-hydrogen) atoms. The van der Waals surface area contributed by atoms with E-state index in [0.717, 1.165) is 43.7 Å². The van der Waals surface area contributed by atoms with Crippen LogP contribution in [0.25, 0.3) is 0 Å². The van der Waals surface area contributed by atoms with Gasteiger partial charge in [0.25, 0.3) is 0 Å². The monoisotopic (exact) mass is 221 g/mol. The molecule has 1 aromatic heterocycles. The Balaban J connectivity index is 1.91. The second-order valence-electron chi connectivity index (χ2n) is 4.66. The fourth-order valence-electron chi connectivity index (χ4n) is 1.73. The van der Waals surface area contributed by atoms with Gasteiger partial charge in [-0.05, 0) is 19.3 Å². The summed E-state index contributed by atoms with van der Waals surface area (Å²) in [7, 11) is 0. The summed E-state index contributed by atoms with van der Waals surface area (Å²) in [6.45, 7) is 3.22. The highest BCUT2D eigenvalue weighted by molar-refractivity contribution is 5.35. The van der Waals surface area contributed by atoms with E-state index < -0.39 is 0 Å². The molecule has 2 rings (SSSR count). The fourth-order valence-corrected chi connectivity index (χ4v) is 1.73. The minimum atomic E-state index is 0.121. The lowest BCUT2D eigenvalue weighted by atomic mass is 10.1. The van der Waals surface area contributed by atoms with Crippen LogP contribution in [-0.2, 0) is 6.42 Å². The van der Waals surface area contributed by atoms with E-state index in [4.69, 9.17) is 0 Å². The quantitative estimate of drug-likeness (QED) is 0.766. The molecule has 1 aliphatic rings. The second kappa shape index (κ2) is 4.78. The molecule has 0 bridgehead atoms. The van der Waals surface area contributed by atoms with Gasteiger partial charge in [-0.15, -0.1) is 0 Å². The first-order chi connectivity index (χ1) is 7.78. The highest BCUT2D eigenvalue weighted by Crippen LogP contribution is 2.44. The van der Waals surface area contributed by atoms with E-state index in [1.807, 2.05) is 6.07 Å². The molecular formula is C12H19N3O. The van der Waals surface area contributed by atoms with Crippen LogP contribution in [-0.4, -0.2) is 28.2 Å². The first kappa shape index (κ1) is 11.3. The number of aliphatic hydroxyl groups is 1. The number of aromatic nitrogens is 2. The van der Waals surface area contributed by atoms with Gasteiger partial charge in [0.1, 0.15) is 12.1 Å². The van der Waals surface area contributed by atoms with Crippen molar-refractivity contribution in [3.63, 3.8) is 0 Å². The van der Waals surface area contributed by atoms with Gasteiger partial charge in [-0.25, -0.2) is 9.97 Å². The number of rotatable bonds is 6. The van der Waals surface area contributed by atoms with Gasteiger partial charge in [-0.2, -0.15) is 0 Å². The van der Waals surface area contributed by atoms with E-state index >= 15 is 0 Å². The molecule has 0 aliphatic heterocycles. The van der Waals surface area contributed by atoms with E-state index in [-0.39, 0.29) is 12.0 Å². The number of anilines is 1. The van der Waals surface area contributed by atoms with Gasteiger partial charge in [0.05, 0.1) is 6.61 Å². The zero-order chi connectivity index (χ0) is 11.4. The van der Waals surface area contributed by atoms with Gasteiger partial charge in [-0.3, -0.25) is 0 Å². The van der Waals surface area contributed by atoms with Crippen molar-refractivity contribution in [1.82, 2.24) is 9.97 Å². The van der Waals surface area contributed by atoms with E-state index in [1.54, 1.807) is 6.33 Å². The van der Waals surface area contributed by atoms with Gasteiger partial charge in [0.15, 0.2) is 0 Å². The van der Waals surface area contributed by atoms with Gasteiger partial charge >= 0.3 is 0 Å². The predicted octanol–water partition coefficient (Wildman–Crippen LogP) is 1.61. The third-order valence-corrected chi connectivity index (χ3v) is 3.17. The van der Waals surface area contributed by atoms with Crippen molar-refractivity contribution in [3.05, 3.63) is 18.1 Å². The molecule has 88 valence electrons. The standard InChI is InChI=1S/C12H19N3O/c1-2-3-10-6-11(15-9-14-10)13-7-12(8-16)4-5-12/h6,9,16H,2-5,7-8H2,1H3,(H,13,14,15). The van der Waals surface area contributed by atoms with E-state index in [0.29, 0.717) is 0 Å². The van der Waals surface area contributed by atoms with Gasteiger partial charge in [-0.1, -0.05) is 13.3 Å². The van der Waals surface area contributed by atoms with Crippen molar-refractivity contribution in [1.29, 1.82) is 0 Å². The maximum Gasteiger partial charge on any atom is 0.129 e. The van der Waals surface area contributed by atoms with Crippen LogP contribution in [0.15, 0.2) is 12.4 Å². The molecule has 0 radical (unpaired) electrons. The summed E-state index contributed by atoms with van der Waals surface area (Å²) in [5.41, 5.74) is 1.20. The molecular weight excluding hydrogens is 202 g/mol. The van der Waals surface area contributed by atoms with Crippen molar-refractivity contribution in [3.8, 4) is 0 Å². The first-order valence-corrected chi connectivity index (χ1v) is 5.94. The Morgan fingerprint density at radius 2 is 2.25 bits per heavy atom. The summed E-state index contributed by atoms with van der Waals surface area (Å²) in [6.07, 6.45) is 5.91. The first-order valence-electron chi connectivity index (χ1n) is 5.94. The molecule has 4 nitrogen and oxygen atoms in total. The minimum absolute atomic E-state index is 0.121. The third kappa shape index (κ3) is 2.70. The highest BCUT2D eigenvalue weighted by Gasteiger charge is 2.41. The zero-order valence-electron chi connectivity index (χ0n) is 9.74. The van der Waals surface area contributed by atoms with Crippen molar-refractivity contribution >= 4 is 5.82 Å². The zero-order valence-corrected chi connectivity index (χ0v) is 9.74. The Labute approximate surface area is 96.1 Å². The predicted molar refractivity (Wildman–Crippen MR) is 63.3 cm³/mol. The fraction of sp³-hybridized carbons (Fsp3) is 0.667. The number of hydrogen-bond acceptors (Lipinski definition) is 4. The van der Waals surface area contributed by atoms with Crippen molar-refractivity contribution in [2.75, 3.05) is 18.5 Å². The highest BCUT2D eigenvalue weighted by atomic mass is 16.3. The lowest BCUT2D eigenvalue weighted by Gasteiger charge is -2.13. The Morgan fingerprint density at radius 3 is 2.88 bits per heavy atom. The van der Waals surface area contributed by atoms with Crippen LogP contribution in [0.5, 0.6) is 0 Å². The summed E-state index contributed by atoms with van der Waals surface area (Å²) < 4.78 is 0. The molecule has 0 atom stereocenters. The molecule has 4 heteroatoms. The summed E-state index contributed by atoms with van der Waals surface area (Å²) in [5.74, 6) is 0.873. The maximum atomic E-state index is 9.20. The van der Waals surface area contributed by atoms with Crippen LogP contribution in [0.2, 0.25) is 0 Å². The molecule has 1 aromatic rings. The molecule has 1 heterocycles. The van der Waals surface area contributed by atoms with Crippen LogP contribution in [0, 0.1) is 5.41 Å². The Bertz CT molecular complexity index is 350. The van der Waals surface area contributed by atoms with Crippen LogP contribution in [0.4, 0.5) is 5.82 Å². The number of nitrogens with zero attached hydrogens (tertiary/aromatic N) is 2. The van der Waals surface area contributed by atoms with Crippen LogP contribution >= 0.6 is 0 Å². The molecule has 1 aliphatic carbocycles. The van der Waals surface area contributed by atoms with E-state index in [2.05, 4.69) is 22.2 Å². The average molecular weight is 221 g/mol. The number of hydrogen-bond donors (Lipinski definition) is 2. The molecule has 1 fully saturated rings. The summed E-state index contributed by atoms with van der Waals surface area (Å²) in [4.78, 5) is 8.39. The molecule has 0 aromatic carbocycles. The average Bonchev–Trinajstić information content (AvgIpc) is 3.08. The number of nitrogens with one attached hydrogen (secondary N) is 1. The molecule has 0 saturated heterocycles. The van der Waals surface area contributed by atoms with E-state index in [1.165, 1.54) is 0 Å². The Kier molecular flexibility index (Phi) is 3.39.